The number of nitrogens with zero attached hydrogens (tertiary/aromatic N) is 1. The molecule has 0 aliphatic carbocycles. The van der Waals surface area contributed by atoms with Gasteiger partial charge in [-0.3, -0.25) is 9.59 Å². The van der Waals surface area contributed by atoms with Crippen molar-refractivity contribution in [2.24, 2.45) is 0 Å². The molecule has 0 saturated heterocycles. The van der Waals surface area contributed by atoms with E-state index >= 15 is 0 Å². The van der Waals surface area contributed by atoms with E-state index in [0.717, 1.165) is 11.1 Å². The first-order valence-electron chi connectivity index (χ1n) is 9.32. The van der Waals surface area contributed by atoms with Crippen LogP contribution in [0.15, 0.2) is 48.5 Å². The molecule has 0 aliphatic rings. The third kappa shape index (κ3) is 5.64. The average molecular weight is 370 g/mol. The van der Waals surface area contributed by atoms with E-state index in [-0.39, 0.29) is 18.2 Å². The zero-order chi connectivity index (χ0) is 19.8. The number of carbonyl (C=O) groups excluding carboxylic acids is 2. The largest absolute Gasteiger partial charge is 0.355 e. The minimum Gasteiger partial charge on any atom is -0.355 e. The highest BCUT2D eigenvalue weighted by molar-refractivity contribution is 5.88. The van der Waals surface area contributed by atoms with Gasteiger partial charge in [0.25, 0.3) is 0 Å². The van der Waals surface area contributed by atoms with E-state index in [1.807, 2.05) is 45.0 Å². The molecule has 0 fully saturated rings. The van der Waals surface area contributed by atoms with Crippen molar-refractivity contribution in [3.63, 3.8) is 0 Å². The molecule has 2 aromatic carbocycles. The van der Waals surface area contributed by atoms with Crippen LogP contribution in [0, 0.1) is 12.7 Å². The Hall–Kier alpha value is -2.69. The lowest BCUT2D eigenvalue weighted by Gasteiger charge is -2.30. The lowest BCUT2D eigenvalue weighted by Crippen LogP contribution is -2.49. The van der Waals surface area contributed by atoms with Crippen LogP contribution in [0.3, 0.4) is 0 Å². The van der Waals surface area contributed by atoms with Crippen LogP contribution in [0.5, 0.6) is 0 Å². The Kier molecular flexibility index (Phi) is 7.53. The van der Waals surface area contributed by atoms with Crippen molar-refractivity contribution in [3.05, 3.63) is 71.0 Å². The van der Waals surface area contributed by atoms with Gasteiger partial charge in [-0.2, -0.15) is 0 Å². The average Bonchev–Trinajstić information content (AvgIpc) is 2.63. The van der Waals surface area contributed by atoms with Crippen LogP contribution in [-0.4, -0.2) is 29.3 Å². The number of hydrogen-bond acceptors (Lipinski definition) is 2. The monoisotopic (exact) mass is 370 g/mol. The zero-order valence-electron chi connectivity index (χ0n) is 16.2. The second kappa shape index (κ2) is 9.86. The fourth-order valence-corrected chi connectivity index (χ4v) is 3.12. The van der Waals surface area contributed by atoms with Crippen LogP contribution in [0.1, 0.15) is 37.0 Å². The predicted octanol–water partition coefficient (Wildman–Crippen LogP) is 3.62. The van der Waals surface area contributed by atoms with Gasteiger partial charge in [0.05, 0.1) is 6.42 Å². The molecule has 27 heavy (non-hydrogen) atoms. The molecule has 0 aromatic heterocycles. The number of nitrogens with one attached hydrogen (secondary N) is 1. The second-order valence-electron chi connectivity index (χ2n) is 6.60. The fraction of sp³-hybridized carbons (Fsp3) is 0.364. The molecular formula is C22H27FN2O2. The highest BCUT2D eigenvalue weighted by Gasteiger charge is 2.28. The van der Waals surface area contributed by atoms with Crippen LogP contribution < -0.4 is 5.32 Å². The standard InChI is InChI=1S/C22H27FN2O2/c1-4-20(22(27)24-5-2)25(15-17-10-8-9-16(3)13-17)21(26)14-18-11-6-7-12-19(18)23/h6-13,20H,4-5,14-15H2,1-3H3,(H,24,27)/t20-/m0/s1. The van der Waals surface area contributed by atoms with Gasteiger partial charge in [-0.15, -0.1) is 0 Å². The first-order chi connectivity index (χ1) is 13.0. The molecule has 0 heterocycles. The summed E-state index contributed by atoms with van der Waals surface area (Å²) >= 11 is 0. The number of benzene rings is 2. The topological polar surface area (TPSA) is 49.4 Å². The van der Waals surface area contributed by atoms with Gasteiger partial charge in [-0.05, 0) is 37.5 Å². The quantitative estimate of drug-likeness (QED) is 0.772. The Morgan fingerprint density at radius 2 is 1.85 bits per heavy atom. The number of likely N-dealkylation sites (N-methyl/N-ethyl adjacent to an activating group) is 1. The summed E-state index contributed by atoms with van der Waals surface area (Å²) in [5, 5.41) is 2.80. The summed E-state index contributed by atoms with van der Waals surface area (Å²) < 4.78 is 14.0. The number of hydrogen-bond donors (Lipinski definition) is 1. The summed E-state index contributed by atoms with van der Waals surface area (Å²) in [4.78, 5) is 27.1. The van der Waals surface area contributed by atoms with Crippen molar-refractivity contribution in [1.82, 2.24) is 10.2 Å². The normalized spacial score (nSPS) is 11.7. The van der Waals surface area contributed by atoms with Crippen molar-refractivity contribution in [2.75, 3.05) is 6.54 Å². The summed E-state index contributed by atoms with van der Waals surface area (Å²) in [6.07, 6.45) is 0.412. The lowest BCUT2D eigenvalue weighted by molar-refractivity contribution is -0.140. The van der Waals surface area contributed by atoms with Crippen LogP contribution in [-0.2, 0) is 22.6 Å². The van der Waals surface area contributed by atoms with Gasteiger partial charge in [0.2, 0.25) is 11.8 Å². The molecule has 0 unspecified atom stereocenters. The van der Waals surface area contributed by atoms with E-state index in [4.69, 9.17) is 0 Å². The molecule has 2 rings (SSSR count). The molecule has 0 aliphatic heterocycles. The van der Waals surface area contributed by atoms with E-state index in [0.29, 0.717) is 25.1 Å². The Bertz CT molecular complexity index is 791. The van der Waals surface area contributed by atoms with E-state index in [1.165, 1.54) is 6.07 Å². The zero-order valence-corrected chi connectivity index (χ0v) is 16.2. The van der Waals surface area contributed by atoms with Gasteiger partial charge in [-0.1, -0.05) is 55.0 Å². The number of carbonyl (C=O) groups is 2. The highest BCUT2D eigenvalue weighted by atomic mass is 19.1. The molecule has 2 amide bonds. The maximum atomic E-state index is 14.0. The summed E-state index contributed by atoms with van der Waals surface area (Å²) in [7, 11) is 0. The third-order valence-corrected chi connectivity index (χ3v) is 4.47. The molecule has 1 N–H and O–H groups in total. The van der Waals surface area contributed by atoms with E-state index in [9.17, 15) is 14.0 Å². The third-order valence-electron chi connectivity index (χ3n) is 4.47. The number of aryl methyl sites for hydroxylation is 1. The summed E-state index contributed by atoms with van der Waals surface area (Å²) in [5.74, 6) is -0.860. The second-order valence-corrected chi connectivity index (χ2v) is 6.60. The van der Waals surface area contributed by atoms with Crippen molar-refractivity contribution in [3.8, 4) is 0 Å². The summed E-state index contributed by atoms with van der Waals surface area (Å²) in [6, 6.07) is 13.5. The van der Waals surface area contributed by atoms with Gasteiger partial charge in [0.15, 0.2) is 0 Å². The van der Waals surface area contributed by atoms with Gasteiger partial charge >= 0.3 is 0 Å². The molecule has 0 saturated carbocycles. The van der Waals surface area contributed by atoms with E-state index in [1.54, 1.807) is 23.1 Å². The van der Waals surface area contributed by atoms with Crippen molar-refractivity contribution >= 4 is 11.8 Å². The molecule has 144 valence electrons. The summed E-state index contributed by atoms with van der Waals surface area (Å²) in [6.45, 7) is 6.51. The maximum absolute atomic E-state index is 14.0. The van der Waals surface area contributed by atoms with Gasteiger partial charge in [0.1, 0.15) is 11.9 Å². The minimum absolute atomic E-state index is 0.0750. The minimum atomic E-state index is -0.593. The lowest BCUT2D eigenvalue weighted by atomic mass is 10.1. The molecule has 4 nitrogen and oxygen atoms in total. The SMILES string of the molecule is CCNC(=O)[C@H](CC)N(Cc1cccc(C)c1)C(=O)Cc1ccccc1F. The smallest absolute Gasteiger partial charge is 0.242 e. The molecule has 5 heteroatoms. The van der Waals surface area contributed by atoms with Crippen molar-refractivity contribution in [2.45, 2.75) is 46.2 Å². The fourth-order valence-electron chi connectivity index (χ4n) is 3.12. The number of amides is 2. The van der Waals surface area contributed by atoms with Crippen LogP contribution >= 0.6 is 0 Å². The van der Waals surface area contributed by atoms with Crippen LogP contribution in [0.4, 0.5) is 4.39 Å². The van der Waals surface area contributed by atoms with Gasteiger partial charge < -0.3 is 10.2 Å². The van der Waals surface area contributed by atoms with Crippen molar-refractivity contribution in [1.29, 1.82) is 0 Å². The molecular weight excluding hydrogens is 343 g/mol. The van der Waals surface area contributed by atoms with Crippen LogP contribution in [0.25, 0.3) is 0 Å². The Balaban J connectivity index is 2.30. The number of halogens is 1. The molecule has 0 spiro atoms. The number of rotatable bonds is 8. The first kappa shape index (κ1) is 20.6. The van der Waals surface area contributed by atoms with Gasteiger partial charge in [0, 0.05) is 13.1 Å². The van der Waals surface area contributed by atoms with E-state index < -0.39 is 11.9 Å². The maximum Gasteiger partial charge on any atom is 0.242 e. The molecule has 1 atom stereocenters. The summed E-state index contributed by atoms with van der Waals surface area (Å²) in [5.41, 5.74) is 2.36. The van der Waals surface area contributed by atoms with E-state index in [2.05, 4.69) is 5.32 Å². The Morgan fingerprint density at radius 3 is 2.48 bits per heavy atom. The molecule has 2 aromatic rings. The Morgan fingerprint density at radius 1 is 1.11 bits per heavy atom. The van der Waals surface area contributed by atoms with Crippen molar-refractivity contribution < 1.29 is 14.0 Å². The van der Waals surface area contributed by atoms with Crippen LogP contribution in [0.2, 0.25) is 0 Å². The molecule has 0 radical (unpaired) electrons. The predicted molar refractivity (Wildman–Crippen MR) is 105 cm³/mol. The highest BCUT2D eigenvalue weighted by Crippen LogP contribution is 2.16. The Labute approximate surface area is 160 Å². The molecule has 0 bridgehead atoms. The van der Waals surface area contributed by atoms with Gasteiger partial charge in [-0.25, -0.2) is 4.39 Å². The first-order valence-corrected chi connectivity index (χ1v) is 9.32.